The maximum atomic E-state index is 13.3. The first-order valence-corrected chi connectivity index (χ1v) is 11.5. The molecule has 1 aromatic carbocycles. The number of piperidine rings is 1. The number of hydrogen-bond acceptors (Lipinski definition) is 6. The first-order valence-electron chi connectivity index (χ1n) is 10.7. The lowest BCUT2D eigenvalue weighted by molar-refractivity contribution is -0.134. The minimum Gasteiger partial charge on any atom is -0.343 e. The third-order valence-electron chi connectivity index (χ3n) is 6.64. The van der Waals surface area contributed by atoms with Crippen LogP contribution in [0.1, 0.15) is 63.9 Å². The van der Waals surface area contributed by atoms with Crippen LogP contribution < -0.4 is 5.32 Å². The Hall–Kier alpha value is -2.61. The average molecular weight is 443 g/mol. The van der Waals surface area contributed by atoms with E-state index < -0.39 is 0 Å². The highest BCUT2D eigenvalue weighted by Gasteiger charge is 2.30. The van der Waals surface area contributed by atoms with Gasteiger partial charge in [-0.05, 0) is 75.3 Å². The Morgan fingerprint density at radius 2 is 1.55 bits per heavy atom. The summed E-state index contributed by atoms with van der Waals surface area (Å²) >= 11 is 1.24. The van der Waals surface area contributed by atoms with Crippen molar-refractivity contribution in [1.29, 1.82) is 0 Å². The van der Waals surface area contributed by atoms with Gasteiger partial charge in [-0.25, -0.2) is 0 Å². The van der Waals surface area contributed by atoms with E-state index in [1.54, 1.807) is 4.90 Å². The van der Waals surface area contributed by atoms with Crippen LogP contribution in [0.25, 0.3) is 0 Å². The molecule has 1 aromatic heterocycles. The molecule has 166 valence electrons. The summed E-state index contributed by atoms with van der Waals surface area (Å²) in [5.74, 6) is -0.160. The van der Waals surface area contributed by atoms with E-state index in [4.69, 9.17) is 0 Å². The van der Waals surface area contributed by atoms with Crippen LogP contribution in [0.15, 0.2) is 5.51 Å². The van der Waals surface area contributed by atoms with Gasteiger partial charge in [-0.2, -0.15) is 0 Å². The quantitative estimate of drug-likeness (QED) is 0.685. The van der Waals surface area contributed by atoms with Crippen molar-refractivity contribution in [3.8, 4) is 0 Å². The van der Waals surface area contributed by atoms with Gasteiger partial charge in [-0.15, -0.1) is 10.2 Å². The van der Waals surface area contributed by atoms with Gasteiger partial charge in [-0.1, -0.05) is 11.3 Å². The number of nitrogens with zero attached hydrogens (tertiary/aromatic N) is 3. The summed E-state index contributed by atoms with van der Waals surface area (Å²) in [7, 11) is 0. The molecule has 0 unspecified atom stereocenters. The minimum absolute atomic E-state index is 0.0484. The zero-order chi connectivity index (χ0) is 22.7. The van der Waals surface area contributed by atoms with E-state index in [0.29, 0.717) is 31.1 Å². The molecule has 1 aliphatic rings. The standard InChI is InChI=1S/C23H30N4O3S/c1-13-14(2)16(4)21(17(5)15(13)3)22(30)18-8-10-27(11-9-18)20(29)7-6-19(28)25-23-26-24-12-31-23/h12,18H,6-11H2,1-5H3,(H,25,26,28). The average Bonchev–Trinajstić information content (AvgIpc) is 3.27. The summed E-state index contributed by atoms with van der Waals surface area (Å²) in [5, 5.41) is 10.5. The second-order valence-corrected chi connectivity index (χ2v) is 9.14. The maximum Gasteiger partial charge on any atom is 0.226 e. The van der Waals surface area contributed by atoms with Crippen LogP contribution >= 0.6 is 11.3 Å². The highest BCUT2D eigenvalue weighted by atomic mass is 32.1. The van der Waals surface area contributed by atoms with Crippen molar-refractivity contribution in [3.63, 3.8) is 0 Å². The van der Waals surface area contributed by atoms with Crippen molar-refractivity contribution in [3.05, 3.63) is 38.9 Å². The highest BCUT2D eigenvalue weighted by molar-refractivity contribution is 7.13. The van der Waals surface area contributed by atoms with Crippen LogP contribution in [-0.4, -0.2) is 45.8 Å². The Bertz CT molecular complexity index is 964. The zero-order valence-corrected chi connectivity index (χ0v) is 19.7. The topological polar surface area (TPSA) is 92.3 Å². The summed E-state index contributed by atoms with van der Waals surface area (Å²) in [6, 6.07) is 0. The molecule has 0 atom stereocenters. The van der Waals surface area contributed by atoms with Gasteiger partial charge in [0.1, 0.15) is 5.51 Å². The molecule has 31 heavy (non-hydrogen) atoms. The molecular formula is C23H30N4O3S. The minimum atomic E-state index is -0.244. The maximum absolute atomic E-state index is 13.3. The molecule has 2 aromatic rings. The fourth-order valence-electron chi connectivity index (χ4n) is 4.25. The molecule has 0 spiro atoms. The third kappa shape index (κ3) is 5.01. The number of carbonyl (C=O) groups is 3. The number of nitrogens with one attached hydrogen (secondary N) is 1. The number of hydrogen-bond donors (Lipinski definition) is 1. The van der Waals surface area contributed by atoms with E-state index in [1.807, 2.05) is 13.8 Å². The lowest BCUT2D eigenvalue weighted by Gasteiger charge is -2.32. The van der Waals surface area contributed by atoms with E-state index >= 15 is 0 Å². The van der Waals surface area contributed by atoms with Gasteiger partial charge >= 0.3 is 0 Å². The SMILES string of the molecule is Cc1c(C)c(C)c(C(=O)C2CCN(C(=O)CCC(=O)Nc3nncs3)CC2)c(C)c1C. The summed E-state index contributed by atoms with van der Waals surface area (Å²) in [6.07, 6.45) is 1.58. The zero-order valence-electron chi connectivity index (χ0n) is 18.9. The van der Waals surface area contributed by atoms with Gasteiger partial charge in [0.2, 0.25) is 16.9 Å². The number of amides is 2. The molecule has 2 amide bonds. The highest BCUT2D eigenvalue weighted by Crippen LogP contribution is 2.31. The Morgan fingerprint density at radius 3 is 2.10 bits per heavy atom. The normalized spacial score (nSPS) is 14.5. The monoisotopic (exact) mass is 442 g/mol. The molecule has 3 rings (SSSR count). The van der Waals surface area contributed by atoms with Crippen molar-refractivity contribution in [2.75, 3.05) is 18.4 Å². The molecule has 1 fully saturated rings. The van der Waals surface area contributed by atoms with E-state index in [2.05, 4.69) is 36.3 Å². The van der Waals surface area contributed by atoms with Gasteiger partial charge in [-0.3, -0.25) is 14.4 Å². The van der Waals surface area contributed by atoms with Gasteiger partial charge in [0, 0.05) is 37.4 Å². The van der Waals surface area contributed by atoms with Gasteiger partial charge < -0.3 is 10.2 Å². The predicted octanol–water partition coefficient (Wildman–Crippen LogP) is 3.92. The lowest BCUT2D eigenvalue weighted by Crippen LogP contribution is -2.40. The molecule has 0 bridgehead atoms. The number of rotatable bonds is 6. The van der Waals surface area contributed by atoms with E-state index in [0.717, 1.165) is 16.7 Å². The molecule has 0 saturated carbocycles. The molecule has 1 aliphatic heterocycles. The molecule has 7 nitrogen and oxygen atoms in total. The first kappa shape index (κ1) is 23.1. The third-order valence-corrected chi connectivity index (χ3v) is 7.24. The van der Waals surface area contributed by atoms with Crippen molar-refractivity contribution < 1.29 is 14.4 Å². The van der Waals surface area contributed by atoms with Crippen LogP contribution in [0.5, 0.6) is 0 Å². The number of benzene rings is 1. The van der Waals surface area contributed by atoms with Crippen LogP contribution in [-0.2, 0) is 9.59 Å². The van der Waals surface area contributed by atoms with Gasteiger partial charge in [0.05, 0.1) is 0 Å². The molecule has 0 aliphatic carbocycles. The van der Waals surface area contributed by atoms with Crippen molar-refractivity contribution in [1.82, 2.24) is 15.1 Å². The lowest BCUT2D eigenvalue weighted by atomic mass is 9.81. The van der Waals surface area contributed by atoms with E-state index in [9.17, 15) is 14.4 Å². The summed E-state index contributed by atoms with van der Waals surface area (Å²) in [5.41, 5.74) is 8.17. The molecule has 0 radical (unpaired) electrons. The predicted molar refractivity (Wildman–Crippen MR) is 122 cm³/mol. The van der Waals surface area contributed by atoms with Crippen molar-refractivity contribution >= 4 is 34.1 Å². The van der Waals surface area contributed by atoms with Crippen LogP contribution in [0.2, 0.25) is 0 Å². The Kier molecular flexibility index (Phi) is 7.20. The summed E-state index contributed by atoms with van der Waals surface area (Å²) in [6.45, 7) is 11.4. The molecule has 8 heteroatoms. The molecule has 1 saturated heterocycles. The summed E-state index contributed by atoms with van der Waals surface area (Å²) in [4.78, 5) is 39.6. The second-order valence-electron chi connectivity index (χ2n) is 8.31. The van der Waals surface area contributed by atoms with Crippen LogP contribution in [0.3, 0.4) is 0 Å². The van der Waals surface area contributed by atoms with Crippen molar-refractivity contribution in [2.45, 2.75) is 60.3 Å². The number of likely N-dealkylation sites (tertiary alicyclic amines) is 1. The number of anilines is 1. The number of ketones is 1. The van der Waals surface area contributed by atoms with Crippen molar-refractivity contribution in [2.24, 2.45) is 5.92 Å². The van der Waals surface area contributed by atoms with E-state index in [-0.39, 0.29) is 36.4 Å². The Morgan fingerprint density at radius 1 is 0.968 bits per heavy atom. The second kappa shape index (κ2) is 9.68. The molecular weight excluding hydrogens is 412 g/mol. The Labute approximate surface area is 187 Å². The first-order chi connectivity index (χ1) is 14.7. The van der Waals surface area contributed by atoms with Gasteiger partial charge in [0.15, 0.2) is 5.78 Å². The fraction of sp³-hybridized carbons (Fsp3) is 0.522. The Balaban J connectivity index is 1.55. The smallest absolute Gasteiger partial charge is 0.226 e. The molecule has 2 heterocycles. The van der Waals surface area contributed by atoms with Crippen LogP contribution in [0, 0.1) is 40.5 Å². The number of aromatic nitrogens is 2. The number of carbonyl (C=O) groups excluding carboxylic acids is 3. The van der Waals surface area contributed by atoms with Crippen LogP contribution in [0.4, 0.5) is 5.13 Å². The molecule has 1 N–H and O–H groups in total. The van der Waals surface area contributed by atoms with Gasteiger partial charge in [0.25, 0.3) is 0 Å². The largest absolute Gasteiger partial charge is 0.343 e. The fourth-order valence-corrected chi connectivity index (χ4v) is 4.71. The van der Waals surface area contributed by atoms with E-state index in [1.165, 1.54) is 33.5 Å². The number of Topliss-reactive ketones (excluding diaryl/α,β-unsaturated/α-hetero) is 1. The summed E-state index contributed by atoms with van der Waals surface area (Å²) < 4.78 is 0.